The van der Waals surface area contributed by atoms with Crippen molar-refractivity contribution < 1.29 is 52.2 Å². The van der Waals surface area contributed by atoms with Crippen LogP contribution in [0.1, 0.15) is 49.9 Å². The highest BCUT2D eigenvalue weighted by Crippen LogP contribution is 2.35. The topological polar surface area (TPSA) is 117 Å². The maximum absolute atomic E-state index is 12.8. The van der Waals surface area contributed by atoms with Gasteiger partial charge in [-0.15, -0.1) is 0 Å². The third-order valence-electron chi connectivity index (χ3n) is 7.00. The first kappa shape index (κ1) is 36.3. The smallest absolute Gasteiger partial charge is 0.493 e. The Balaban J connectivity index is 1.41. The predicted octanol–water partition coefficient (Wildman–Crippen LogP) is 8.19. The van der Waals surface area contributed by atoms with Crippen LogP contribution in [-0.2, 0) is 17.6 Å². The molecule has 0 bridgehead atoms. The van der Waals surface area contributed by atoms with Crippen LogP contribution in [0.25, 0.3) is 0 Å². The first-order valence-corrected chi connectivity index (χ1v) is 15.6. The van der Waals surface area contributed by atoms with Gasteiger partial charge in [0.15, 0.2) is 46.0 Å². The lowest BCUT2D eigenvalue weighted by Gasteiger charge is -2.15. The molecule has 49 heavy (non-hydrogen) atoms. The molecule has 0 fully saturated rings. The fraction of sp³-hybridized carbons (Fsp3) is 0.316. The molecule has 0 N–H and O–H groups in total. The number of methoxy groups -OCH3 is 4. The molecular weight excluding hydrogens is 632 g/mol. The molecule has 260 valence electrons. The number of carbonyl (C=O) groups excluding carboxylic acids is 2. The fourth-order valence-electron chi connectivity index (χ4n) is 4.87. The van der Waals surface area contributed by atoms with Crippen molar-refractivity contribution in [1.29, 1.82) is 0 Å². The lowest BCUT2D eigenvalue weighted by Crippen LogP contribution is -2.16. The Bertz CT molecular complexity index is 1750. The molecule has 0 radical (unpaired) electrons. The predicted molar refractivity (Wildman–Crippen MR) is 182 cm³/mol. The molecule has 0 aliphatic carbocycles. The number of hydrogen-bond donors (Lipinski definition) is 0. The van der Waals surface area contributed by atoms with E-state index in [9.17, 15) is 9.59 Å². The van der Waals surface area contributed by atoms with Crippen LogP contribution in [0.3, 0.4) is 0 Å². The summed E-state index contributed by atoms with van der Waals surface area (Å²) in [7, 11) is 6.07. The molecule has 4 aromatic carbocycles. The third kappa shape index (κ3) is 10.2. The van der Waals surface area contributed by atoms with Crippen LogP contribution >= 0.6 is 0 Å². The fourth-order valence-corrected chi connectivity index (χ4v) is 4.87. The van der Waals surface area contributed by atoms with Gasteiger partial charge in [0.2, 0.25) is 0 Å². The largest absolute Gasteiger partial charge is 0.519 e. The van der Waals surface area contributed by atoms with Crippen molar-refractivity contribution in [3.05, 3.63) is 95.1 Å². The Morgan fingerprint density at radius 2 is 0.776 bits per heavy atom. The van der Waals surface area contributed by atoms with Gasteiger partial charge in [-0.05, 0) is 111 Å². The van der Waals surface area contributed by atoms with Gasteiger partial charge in [-0.1, -0.05) is 24.3 Å². The first-order valence-electron chi connectivity index (χ1n) is 15.6. The molecule has 4 aromatic rings. The van der Waals surface area contributed by atoms with Crippen molar-refractivity contribution >= 4 is 12.3 Å². The first-order chi connectivity index (χ1) is 23.5. The van der Waals surface area contributed by atoms with Crippen LogP contribution in [0.2, 0.25) is 0 Å². The second-order valence-corrected chi connectivity index (χ2v) is 11.4. The molecule has 0 atom stereocenters. The minimum atomic E-state index is -0.959. The van der Waals surface area contributed by atoms with Gasteiger partial charge in [-0.3, -0.25) is 0 Å². The molecule has 0 aliphatic rings. The summed E-state index contributed by atoms with van der Waals surface area (Å²) in [5, 5.41) is 0. The van der Waals surface area contributed by atoms with Crippen molar-refractivity contribution in [1.82, 2.24) is 0 Å². The van der Waals surface area contributed by atoms with Crippen molar-refractivity contribution in [2.75, 3.05) is 28.4 Å². The van der Waals surface area contributed by atoms with E-state index in [2.05, 4.69) is 0 Å². The standard InChI is InChI=1S/C38H42O11/c1-23(2)45-29-13-9-25(19-33(29)41-5)17-27-11-15-31(35(21-27)43-7)48-38(40)49-32-16-12-28(22-36(32)44-8)18-26-10-14-30(34(20-26)42-6)47-37(39)46-24(3)4/h9-16,19-24H,17-18H2,1-8H3. The number of ether oxygens (including phenoxy) is 9. The molecule has 11 heteroatoms. The lowest BCUT2D eigenvalue weighted by molar-refractivity contribution is 0.0719. The highest BCUT2D eigenvalue weighted by atomic mass is 16.7. The average Bonchev–Trinajstić information content (AvgIpc) is 3.06. The zero-order valence-electron chi connectivity index (χ0n) is 29.0. The Kier molecular flexibility index (Phi) is 12.6. The molecule has 4 rings (SSSR count). The molecule has 0 saturated heterocycles. The van der Waals surface area contributed by atoms with Crippen LogP contribution in [0.15, 0.2) is 72.8 Å². The van der Waals surface area contributed by atoms with Gasteiger partial charge < -0.3 is 42.6 Å². The van der Waals surface area contributed by atoms with Crippen LogP contribution in [0, 0.1) is 0 Å². The van der Waals surface area contributed by atoms with Crippen molar-refractivity contribution in [2.45, 2.75) is 52.7 Å². The van der Waals surface area contributed by atoms with E-state index in [4.69, 9.17) is 42.6 Å². The summed E-state index contributed by atoms with van der Waals surface area (Å²) in [6, 6.07) is 21.5. The van der Waals surface area contributed by atoms with E-state index in [0.29, 0.717) is 41.6 Å². The maximum Gasteiger partial charge on any atom is 0.519 e. The van der Waals surface area contributed by atoms with E-state index in [0.717, 1.165) is 22.3 Å². The van der Waals surface area contributed by atoms with E-state index in [1.165, 1.54) is 21.3 Å². The monoisotopic (exact) mass is 674 g/mol. The molecule has 0 amide bonds. The van der Waals surface area contributed by atoms with Crippen molar-refractivity contribution in [3.8, 4) is 46.0 Å². The highest BCUT2D eigenvalue weighted by molar-refractivity contribution is 5.70. The van der Waals surface area contributed by atoms with Gasteiger partial charge in [-0.25, -0.2) is 9.59 Å². The average molecular weight is 675 g/mol. The van der Waals surface area contributed by atoms with Gasteiger partial charge in [0.25, 0.3) is 0 Å². The van der Waals surface area contributed by atoms with Crippen molar-refractivity contribution in [2.24, 2.45) is 0 Å². The van der Waals surface area contributed by atoms with Crippen molar-refractivity contribution in [3.63, 3.8) is 0 Å². The highest BCUT2D eigenvalue weighted by Gasteiger charge is 2.18. The molecule has 0 aliphatic heterocycles. The van der Waals surface area contributed by atoms with Crippen LogP contribution in [0.5, 0.6) is 46.0 Å². The Morgan fingerprint density at radius 1 is 0.449 bits per heavy atom. The minimum absolute atomic E-state index is 0.0232. The van der Waals surface area contributed by atoms with Gasteiger partial charge >= 0.3 is 12.3 Å². The summed E-state index contributed by atoms with van der Waals surface area (Å²) in [5.74, 6) is 3.02. The summed E-state index contributed by atoms with van der Waals surface area (Å²) in [6.45, 7) is 7.38. The van der Waals surface area contributed by atoms with Gasteiger partial charge in [0.05, 0.1) is 40.6 Å². The molecule has 0 spiro atoms. The van der Waals surface area contributed by atoms with Crippen LogP contribution in [-0.4, -0.2) is 53.0 Å². The quantitative estimate of drug-likeness (QED) is 0.0952. The van der Waals surface area contributed by atoms with E-state index in [-0.39, 0.29) is 29.5 Å². The lowest BCUT2D eigenvalue weighted by atomic mass is 10.0. The minimum Gasteiger partial charge on any atom is -0.493 e. The third-order valence-corrected chi connectivity index (χ3v) is 7.00. The Morgan fingerprint density at radius 3 is 1.10 bits per heavy atom. The van der Waals surface area contributed by atoms with E-state index < -0.39 is 12.3 Å². The second kappa shape index (κ2) is 17.0. The summed E-state index contributed by atoms with van der Waals surface area (Å²) >= 11 is 0. The second-order valence-electron chi connectivity index (χ2n) is 11.4. The van der Waals surface area contributed by atoms with Crippen LogP contribution < -0.4 is 37.9 Å². The molecule has 0 aromatic heterocycles. The molecular formula is C38H42O11. The number of rotatable bonds is 14. The summed E-state index contributed by atoms with van der Waals surface area (Å²) in [6.07, 6.45) is -0.992. The number of carbonyl (C=O) groups is 2. The number of benzene rings is 4. The molecule has 0 saturated carbocycles. The van der Waals surface area contributed by atoms with Gasteiger partial charge in [0, 0.05) is 0 Å². The Hall–Kier alpha value is -5.58. The zero-order valence-corrected chi connectivity index (χ0v) is 29.0. The molecule has 0 unspecified atom stereocenters. The summed E-state index contributed by atoms with van der Waals surface area (Å²) in [4.78, 5) is 24.8. The van der Waals surface area contributed by atoms with Gasteiger partial charge in [-0.2, -0.15) is 0 Å². The van der Waals surface area contributed by atoms with Crippen LogP contribution in [0.4, 0.5) is 9.59 Å². The Labute approximate surface area is 286 Å². The number of hydrogen-bond acceptors (Lipinski definition) is 11. The SMILES string of the molecule is COc1cc(Cc2ccc(OC(=O)OC(C)C)c(OC)c2)ccc1OC(=O)Oc1ccc(Cc2ccc(OC(C)C)c(OC)c2)cc1OC. The summed E-state index contributed by atoms with van der Waals surface area (Å²) < 4.78 is 49.1. The van der Waals surface area contributed by atoms with E-state index in [1.54, 1.807) is 63.4 Å². The van der Waals surface area contributed by atoms with Gasteiger partial charge in [0.1, 0.15) is 0 Å². The van der Waals surface area contributed by atoms with E-state index >= 15 is 0 Å². The normalized spacial score (nSPS) is 10.7. The van der Waals surface area contributed by atoms with E-state index in [1.807, 2.05) is 44.2 Å². The maximum atomic E-state index is 12.8. The zero-order chi connectivity index (χ0) is 35.5. The summed E-state index contributed by atoms with van der Waals surface area (Å²) in [5.41, 5.74) is 3.68. The molecule has 0 heterocycles. The molecule has 11 nitrogen and oxygen atoms in total.